The lowest BCUT2D eigenvalue weighted by Gasteiger charge is -2.27. The molecule has 2 N–H and O–H groups in total. The lowest BCUT2D eigenvalue weighted by atomic mass is 9.85. The van der Waals surface area contributed by atoms with Crippen LogP contribution in [0.1, 0.15) is 60.7 Å². The lowest BCUT2D eigenvalue weighted by Crippen LogP contribution is -2.21. The van der Waals surface area contributed by atoms with Crippen molar-refractivity contribution in [3.05, 3.63) is 54.3 Å². The monoisotopic (exact) mass is 490 g/mol. The molecule has 0 saturated heterocycles. The van der Waals surface area contributed by atoms with E-state index in [1.807, 2.05) is 45.1 Å². The van der Waals surface area contributed by atoms with Crippen LogP contribution in [-0.4, -0.2) is 53.8 Å². The van der Waals surface area contributed by atoms with Crippen molar-refractivity contribution in [1.29, 1.82) is 0 Å². The Hall–Kier alpha value is -3.49. The summed E-state index contributed by atoms with van der Waals surface area (Å²) in [7, 11) is 3.81. The summed E-state index contributed by atoms with van der Waals surface area (Å²) < 4.78 is 4.30. The van der Waals surface area contributed by atoms with Crippen LogP contribution in [-0.2, 0) is 13.1 Å². The molecule has 0 spiro atoms. The van der Waals surface area contributed by atoms with E-state index in [0.717, 1.165) is 48.0 Å². The second-order valence-electron chi connectivity index (χ2n) is 10.1. The Morgan fingerprint density at radius 1 is 1.00 bits per heavy atom. The zero-order valence-electron chi connectivity index (χ0n) is 21.9. The molecule has 2 fully saturated rings. The second-order valence-corrected chi connectivity index (χ2v) is 10.1. The molecule has 0 amide bonds. The van der Waals surface area contributed by atoms with Gasteiger partial charge in [-0.25, -0.2) is 19.9 Å². The summed E-state index contributed by atoms with van der Waals surface area (Å²) in [5.74, 6) is 3.82. The SMILES string of the molecule is Cc1ncc(-c2ccnc(N)n2)n1CC1CCC1.Cc1ncc(C(=O)/C=C/N(C)C)n1CC1CCC1. The fraction of sp³-hybridized carbons (Fsp3) is 0.519. The fourth-order valence-electron chi connectivity index (χ4n) is 4.48. The number of aryl methyl sites for hydroxylation is 2. The number of rotatable bonds is 8. The van der Waals surface area contributed by atoms with Gasteiger partial charge in [-0.1, -0.05) is 12.8 Å². The molecule has 2 aliphatic carbocycles. The number of imidazole rings is 2. The third-order valence-corrected chi connectivity index (χ3v) is 7.15. The van der Waals surface area contributed by atoms with E-state index in [-0.39, 0.29) is 5.78 Å². The van der Waals surface area contributed by atoms with E-state index in [1.165, 1.54) is 38.5 Å². The van der Waals surface area contributed by atoms with Crippen LogP contribution in [0.25, 0.3) is 11.4 Å². The van der Waals surface area contributed by atoms with Gasteiger partial charge in [-0.15, -0.1) is 0 Å². The van der Waals surface area contributed by atoms with Gasteiger partial charge in [0.2, 0.25) is 11.7 Å². The predicted octanol–water partition coefficient (Wildman–Crippen LogP) is 4.28. The van der Waals surface area contributed by atoms with Gasteiger partial charge in [-0.3, -0.25) is 4.79 Å². The van der Waals surface area contributed by atoms with Crippen LogP contribution in [0.3, 0.4) is 0 Å². The number of anilines is 1. The van der Waals surface area contributed by atoms with Crippen molar-refractivity contribution in [2.75, 3.05) is 19.8 Å². The Bertz CT molecular complexity index is 1200. The normalized spacial score (nSPS) is 15.8. The van der Waals surface area contributed by atoms with E-state index in [4.69, 9.17) is 5.73 Å². The zero-order chi connectivity index (χ0) is 25.7. The molecule has 0 atom stereocenters. The Kier molecular flexibility index (Phi) is 8.18. The molecule has 2 saturated carbocycles. The van der Waals surface area contributed by atoms with Gasteiger partial charge in [0.25, 0.3) is 0 Å². The summed E-state index contributed by atoms with van der Waals surface area (Å²) in [6.07, 6.45) is 16.5. The maximum Gasteiger partial charge on any atom is 0.220 e. The molecule has 0 aliphatic heterocycles. The molecule has 3 aromatic rings. The Balaban J connectivity index is 0.000000169. The molecular weight excluding hydrogens is 452 g/mol. The maximum atomic E-state index is 12.1. The molecule has 0 bridgehead atoms. The highest BCUT2D eigenvalue weighted by atomic mass is 16.1. The zero-order valence-corrected chi connectivity index (χ0v) is 21.9. The molecular formula is C27H38N8O. The summed E-state index contributed by atoms with van der Waals surface area (Å²) in [6.45, 7) is 5.96. The van der Waals surface area contributed by atoms with Crippen molar-refractivity contribution in [1.82, 2.24) is 34.0 Å². The number of carbonyl (C=O) groups excluding carboxylic acids is 1. The van der Waals surface area contributed by atoms with Crippen LogP contribution in [0.15, 0.2) is 36.9 Å². The molecule has 192 valence electrons. The lowest BCUT2D eigenvalue weighted by molar-refractivity contribution is 0.103. The van der Waals surface area contributed by atoms with Crippen molar-refractivity contribution in [3.8, 4) is 11.4 Å². The van der Waals surface area contributed by atoms with Gasteiger partial charge in [0.15, 0.2) is 0 Å². The Labute approximate surface area is 213 Å². The van der Waals surface area contributed by atoms with Gasteiger partial charge < -0.3 is 19.8 Å². The van der Waals surface area contributed by atoms with Gasteiger partial charge >= 0.3 is 0 Å². The van der Waals surface area contributed by atoms with E-state index in [9.17, 15) is 4.79 Å². The number of allylic oxidation sites excluding steroid dienone is 1. The maximum absolute atomic E-state index is 12.1. The molecule has 3 aromatic heterocycles. The van der Waals surface area contributed by atoms with Crippen LogP contribution in [0.2, 0.25) is 0 Å². The van der Waals surface area contributed by atoms with Gasteiger partial charge in [0.05, 0.1) is 23.8 Å². The van der Waals surface area contributed by atoms with Crippen LogP contribution in [0.4, 0.5) is 5.95 Å². The quantitative estimate of drug-likeness (QED) is 0.371. The summed E-state index contributed by atoms with van der Waals surface area (Å²) in [4.78, 5) is 30.8. The number of hydrogen-bond donors (Lipinski definition) is 1. The predicted molar refractivity (Wildman–Crippen MR) is 141 cm³/mol. The minimum Gasteiger partial charge on any atom is -0.383 e. The third-order valence-electron chi connectivity index (χ3n) is 7.15. The van der Waals surface area contributed by atoms with Gasteiger partial charge in [0, 0.05) is 45.7 Å². The molecule has 9 heteroatoms. The highest BCUT2D eigenvalue weighted by Gasteiger charge is 2.22. The highest BCUT2D eigenvalue weighted by molar-refractivity contribution is 6.03. The number of nitrogens with zero attached hydrogens (tertiary/aromatic N) is 7. The molecule has 2 aliphatic rings. The number of carbonyl (C=O) groups is 1. The molecule has 0 unspecified atom stereocenters. The number of aromatic nitrogens is 6. The van der Waals surface area contributed by atoms with E-state index in [1.54, 1.807) is 24.7 Å². The molecule has 5 rings (SSSR count). The summed E-state index contributed by atoms with van der Waals surface area (Å²) in [6, 6.07) is 1.88. The highest BCUT2D eigenvalue weighted by Crippen LogP contribution is 2.30. The van der Waals surface area contributed by atoms with Crippen LogP contribution in [0.5, 0.6) is 0 Å². The topological polar surface area (TPSA) is 108 Å². The van der Waals surface area contributed by atoms with Gasteiger partial charge in [-0.2, -0.15) is 0 Å². The van der Waals surface area contributed by atoms with E-state index >= 15 is 0 Å². The smallest absolute Gasteiger partial charge is 0.220 e. The van der Waals surface area contributed by atoms with Crippen LogP contribution in [0, 0.1) is 25.7 Å². The first-order valence-corrected chi connectivity index (χ1v) is 12.8. The number of nitrogens with two attached hydrogens (primary N) is 1. The molecule has 36 heavy (non-hydrogen) atoms. The van der Waals surface area contributed by atoms with Gasteiger partial charge in [-0.05, 0) is 57.4 Å². The third kappa shape index (κ3) is 6.19. The summed E-state index contributed by atoms with van der Waals surface area (Å²) in [5, 5.41) is 0. The minimum absolute atomic E-state index is 0.0311. The minimum atomic E-state index is 0.0311. The fourth-order valence-corrected chi connectivity index (χ4v) is 4.48. The average Bonchev–Trinajstić information content (AvgIpc) is 3.34. The van der Waals surface area contributed by atoms with E-state index < -0.39 is 0 Å². The molecule has 3 heterocycles. The van der Waals surface area contributed by atoms with Gasteiger partial charge in [0.1, 0.15) is 17.3 Å². The van der Waals surface area contributed by atoms with Crippen molar-refractivity contribution in [2.24, 2.45) is 11.8 Å². The van der Waals surface area contributed by atoms with Crippen LogP contribution < -0.4 is 5.73 Å². The summed E-state index contributed by atoms with van der Waals surface area (Å²) in [5.41, 5.74) is 8.23. The number of ketones is 1. The average molecular weight is 491 g/mol. The van der Waals surface area contributed by atoms with E-state index in [2.05, 4.69) is 29.1 Å². The first-order valence-electron chi connectivity index (χ1n) is 12.8. The number of hydrogen-bond acceptors (Lipinski definition) is 7. The Morgan fingerprint density at radius 3 is 2.19 bits per heavy atom. The van der Waals surface area contributed by atoms with E-state index in [0.29, 0.717) is 11.6 Å². The molecule has 0 radical (unpaired) electrons. The van der Waals surface area contributed by atoms with Crippen LogP contribution >= 0.6 is 0 Å². The summed E-state index contributed by atoms with van der Waals surface area (Å²) >= 11 is 0. The van der Waals surface area contributed by atoms with Crippen molar-refractivity contribution in [2.45, 2.75) is 65.5 Å². The van der Waals surface area contributed by atoms with Crippen molar-refractivity contribution < 1.29 is 4.79 Å². The standard InChI is InChI=1S/C14H21N3O.C13H17N5/c1-11-15-9-13(14(18)7-8-16(2)3)17(11)10-12-5-4-6-12;1-9-16-7-12(11-5-6-15-13(14)17-11)18(9)8-10-3-2-4-10/h7-9,12H,4-6,10H2,1-3H3;5-7,10H,2-4,8H2,1H3,(H2,14,15,17)/b8-7+;. The first-order chi connectivity index (χ1) is 17.3. The largest absolute Gasteiger partial charge is 0.383 e. The second kappa shape index (κ2) is 11.5. The number of nitrogen functional groups attached to an aromatic ring is 1. The van der Waals surface area contributed by atoms with Crippen molar-refractivity contribution >= 4 is 11.7 Å². The Morgan fingerprint density at radius 2 is 1.61 bits per heavy atom. The van der Waals surface area contributed by atoms with Crippen molar-refractivity contribution in [3.63, 3.8) is 0 Å². The first kappa shape index (κ1) is 25.6. The molecule has 0 aromatic carbocycles. The molecule has 9 nitrogen and oxygen atoms in total.